The van der Waals surface area contributed by atoms with Crippen molar-refractivity contribution in [3.63, 3.8) is 0 Å². The van der Waals surface area contributed by atoms with Crippen LogP contribution in [0.25, 0.3) is 21.9 Å². The number of nitrogens with zero attached hydrogens (tertiary/aromatic N) is 1. The Morgan fingerprint density at radius 2 is 1.97 bits per heavy atom. The number of H-pyrrole nitrogens is 2. The van der Waals surface area contributed by atoms with E-state index in [2.05, 4.69) is 52.7 Å². The molecular formula is C30H32N4O3. The van der Waals surface area contributed by atoms with Gasteiger partial charge >= 0.3 is 5.69 Å². The molecule has 190 valence electrons. The summed E-state index contributed by atoms with van der Waals surface area (Å²) in [6.45, 7) is 3.28. The maximum atomic E-state index is 12.4. The summed E-state index contributed by atoms with van der Waals surface area (Å²) in [5, 5.41) is 16.0. The standard InChI is InChI=1S/C30H32N4O3/c1-19(32-27-14-15-34-28-23(29(27)35)8-5-9-26(28)33-30(34)36)10-11-21-17-31-25-13-12-22(16-24(21)25)37-18-20-6-3-2-4-7-20/h2-9,12-13,16-17,19,27,29,31-32,35H,10-11,14-15,18H2,1H3,(H,33,36). The van der Waals surface area contributed by atoms with Crippen molar-refractivity contribution in [2.75, 3.05) is 0 Å². The minimum Gasteiger partial charge on any atom is -0.489 e. The third-order valence-electron chi connectivity index (χ3n) is 7.52. The Balaban J connectivity index is 1.11. The van der Waals surface area contributed by atoms with E-state index in [9.17, 15) is 9.90 Å². The molecule has 37 heavy (non-hydrogen) atoms. The van der Waals surface area contributed by atoms with Crippen LogP contribution in [0.1, 0.15) is 42.6 Å². The summed E-state index contributed by atoms with van der Waals surface area (Å²) < 4.78 is 7.80. The van der Waals surface area contributed by atoms with E-state index in [0.717, 1.165) is 46.3 Å². The Bertz CT molecular complexity index is 1580. The number of aliphatic hydroxyl groups is 1. The van der Waals surface area contributed by atoms with E-state index in [0.29, 0.717) is 19.6 Å². The number of imidazole rings is 1. The van der Waals surface area contributed by atoms with Gasteiger partial charge in [0.2, 0.25) is 0 Å². The lowest BCUT2D eigenvalue weighted by molar-refractivity contribution is 0.119. The van der Waals surface area contributed by atoms with E-state index in [4.69, 9.17) is 4.74 Å². The van der Waals surface area contributed by atoms with Gasteiger partial charge in [-0.05, 0) is 61.6 Å². The van der Waals surface area contributed by atoms with E-state index >= 15 is 0 Å². The maximum Gasteiger partial charge on any atom is 0.326 e. The molecule has 0 bridgehead atoms. The van der Waals surface area contributed by atoms with Gasteiger partial charge in [-0.3, -0.25) is 4.57 Å². The molecule has 7 heteroatoms. The summed E-state index contributed by atoms with van der Waals surface area (Å²) in [5.41, 5.74) is 5.78. The Kier molecular flexibility index (Phi) is 6.32. The van der Waals surface area contributed by atoms with Crippen LogP contribution in [0.5, 0.6) is 5.75 Å². The minimum absolute atomic E-state index is 0.116. The topological polar surface area (TPSA) is 95.1 Å². The van der Waals surface area contributed by atoms with Crippen LogP contribution in [0, 0.1) is 0 Å². The lowest BCUT2D eigenvalue weighted by Crippen LogP contribution is -2.41. The second-order valence-corrected chi connectivity index (χ2v) is 10.1. The first kappa shape index (κ1) is 23.6. The number of aromatic nitrogens is 3. The molecule has 0 spiro atoms. The van der Waals surface area contributed by atoms with Crippen molar-refractivity contribution in [1.82, 2.24) is 19.9 Å². The number of hydrogen-bond acceptors (Lipinski definition) is 4. The van der Waals surface area contributed by atoms with Crippen molar-refractivity contribution in [2.45, 2.75) is 57.5 Å². The van der Waals surface area contributed by atoms with E-state index in [1.54, 1.807) is 4.57 Å². The van der Waals surface area contributed by atoms with Crippen LogP contribution in [0.3, 0.4) is 0 Å². The second-order valence-electron chi connectivity index (χ2n) is 10.1. The highest BCUT2D eigenvalue weighted by Crippen LogP contribution is 2.30. The van der Waals surface area contributed by atoms with Crippen molar-refractivity contribution in [3.8, 4) is 5.75 Å². The zero-order chi connectivity index (χ0) is 25.4. The number of benzene rings is 3. The van der Waals surface area contributed by atoms with Gasteiger partial charge in [0, 0.05) is 41.3 Å². The van der Waals surface area contributed by atoms with Crippen molar-refractivity contribution in [1.29, 1.82) is 0 Å². The third-order valence-corrected chi connectivity index (χ3v) is 7.52. The molecule has 0 fully saturated rings. The SMILES string of the molecule is CC(CCc1c[nH]c2ccc(OCc3ccccc3)cc12)NC1CCn2c(=O)[nH]c3cccc(c32)C1O. The molecule has 5 aromatic rings. The van der Waals surface area contributed by atoms with E-state index < -0.39 is 6.10 Å². The number of nitrogens with one attached hydrogen (secondary N) is 3. The number of ether oxygens (including phenoxy) is 1. The van der Waals surface area contributed by atoms with Crippen LogP contribution in [0.2, 0.25) is 0 Å². The lowest BCUT2D eigenvalue weighted by atomic mass is 9.98. The van der Waals surface area contributed by atoms with Crippen molar-refractivity contribution in [2.24, 2.45) is 0 Å². The Morgan fingerprint density at radius 3 is 2.84 bits per heavy atom. The molecule has 0 amide bonds. The van der Waals surface area contributed by atoms with Crippen molar-refractivity contribution in [3.05, 3.63) is 100 Å². The second kappa shape index (κ2) is 9.92. The van der Waals surface area contributed by atoms with E-state index in [-0.39, 0.29) is 17.8 Å². The molecule has 0 aliphatic carbocycles. The van der Waals surface area contributed by atoms with Crippen molar-refractivity contribution < 1.29 is 9.84 Å². The zero-order valence-electron chi connectivity index (χ0n) is 20.9. The molecule has 1 aliphatic heterocycles. The third kappa shape index (κ3) is 4.68. The average Bonchev–Trinajstić information content (AvgIpc) is 3.43. The molecule has 3 atom stereocenters. The van der Waals surface area contributed by atoms with Gasteiger partial charge in [-0.1, -0.05) is 42.5 Å². The normalized spacial score (nSPS) is 18.2. The van der Waals surface area contributed by atoms with Crippen molar-refractivity contribution >= 4 is 21.9 Å². The van der Waals surface area contributed by atoms with Crippen LogP contribution in [0.4, 0.5) is 0 Å². The molecule has 2 aromatic heterocycles. The van der Waals surface area contributed by atoms with Crippen LogP contribution in [0.15, 0.2) is 77.7 Å². The summed E-state index contributed by atoms with van der Waals surface area (Å²) in [7, 11) is 0. The fourth-order valence-electron chi connectivity index (χ4n) is 5.53. The first-order valence-corrected chi connectivity index (χ1v) is 13.0. The molecule has 1 aliphatic rings. The smallest absolute Gasteiger partial charge is 0.326 e. The molecule has 3 aromatic carbocycles. The highest BCUT2D eigenvalue weighted by Gasteiger charge is 2.29. The van der Waals surface area contributed by atoms with Gasteiger partial charge in [0.1, 0.15) is 12.4 Å². The summed E-state index contributed by atoms with van der Waals surface area (Å²) in [6.07, 6.45) is 3.91. The number of rotatable bonds is 8. The molecule has 7 nitrogen and oxygen atoms in total. The summed E-state index contributed by atoms with van der Waals surface area (Å²) >= 11 is 0. The zero-order valence-corrected chi connectivity index (χ0v) is 20.9. The number of hydrogen-bond donors (Lipinski definition) is 4. The van der Waals surface area contributed by atoms with Gasteiger partial charge < -0.3 is 25.1 Å². The first-order chi connectivity index (χ1) is 18.1. The molecule has 3 heterocycles. The Hall–Kier alpha value is -3.81. The highest BCUT2D eigenvalue weighted by molar-refractivity contribution is 5.84. The minimum atomic E-state index is -0.674. The number of aliphatic hydroxyl groups excluding tert-OH is 1. The molecule has 0 radical (unpaired) electrons. The number of aryl methyl sites for hydroxylation is 2. The largest absolute Gasteiger partial charge is 0.489 e. The van der Waals surface area contributed by atoms with Gasteiger partial charge in [0.25, 0.3) is 0 Å². The van der Waals surface area contributed by atoms with Gasteiger partial charge in [-0.25, -0.2) is 4.79 Å². The van der Waals surface area contributed by atoms with Crippen LogP contribution in [-0.2, 0) is 19.6 Å². The summed E-state index contributed by atoms with van der Waals surface area (Å²) in [6, 6.07) is 22.1. The highest BCUT2D eigenvalue weighted by atomic mass is 16.5. The number of fused-ring (bicyclic) bond motifs is 1. The summed E-state index contributed by atoms with van der Waals surface area (Å²) in [5.74, 6) is 0.859. The maximum absolute atomic E-state index is 12.4. The summed E-state index contributed by atoms with van der Waals surface area (Å²) in [4.78, 5) is 18.7. The van der Waals surface area contributed by atoms with Crippen LogP contribution in [-0.4, -0.2) is 31.7 Å². The molecule has 4 N–H and O–H groups in total. The number of para-hydroxylation sites is 1. The van der Waals surface area contributed by atoms with Gasteiger partial charge in [0.15, 0.2) is 0 Å². The first-order valence-electron chi connectivity index (χ1n) is 13.0. The van der Waals surface area contributed by atoms with E-state index in [1.165, 1.54) is 10.9 Å². The van der Waals surface area contributed by atoms with Crippen LogP contribution < -0.4 is 15.7 Å². The number of aromatic amines is 2. The van der Waals surface area contributed by atoms with Gasteiger partial charge in [-0.2, -0.15) is 0 Å². The van der Waals surface area contributed by atoms with Gasteiger partial charge in [0.05, 0.1) is 17.1 Å². The quantitative estimate of drug-likeness (QED) is 0.248. The molecule has 6 rings (SSSR count). The molecule has 0 saturated carbocycles. The Morgan fingerprint density at radius 1 is 1.11 bits per heavy atom. The lowest BCUT2D eigenvalue weighted by Gasteiger charge is -2.26. The van der Waals surface area contributed by atoms with Crippen LogP contribution >= 0.6 is 0 Å². The molecule has 3 unspecified atom stereocenters. The molecular weight excluding hydrogens is 464 g/mol. The Labute approximate surface area is 215 Å². The predicted octanol–water partition coefficient (Wildman–Crippen LogP) is 4.81. The molecule has 0 saturated heterocycles. The van der Waals surface area contributed by atoms with Gasteiger partial charge in [-0.15, -0.1) is 0 Å². The van der Waals surface area contributed by atoms with E-state index in [1.807, 2.05) is 42.5 Å². The average molecular weight is 497 g/mol. The monoisotopic (exact) mass is 496 g/mol. The fourth-order valence-corrected chi connectivity index (χ4v) is 5.53. The predicted molar refractivity (Wildman–Crippen MR) is 146 cm³/mol. The fraction of sp³-hybridized carbons (Fsp3) is 0.300.